The van der Waals surface area contributed by atoms with E-state index in [1.54, 1.807) is 0 Å². The number of hydrogen-bond acceptors (Lipinski definition) is 1. The molecule has 3 heteroatoms. The number of rotatable bonds is 4. The highest BCUT2D eigenvalue weighted by Gasteiger charge is 2.23. The third-order valence-electron chi connectivity index (χ3n) is 3.94. The van der Waals surface area contributed by atoms with E-state index in [1.165, 1.54) is 15.6 Å². The number of amides is 1. The van der Waals surface area contributed by atoms with Crippen molar-refractivity contribution in [3.05, 3.63) is 33.8 Å². The molecule has 2 nitrogen and oxygen atoms in total. The zero-order valence-electron chi connectivity index (χ0n) is 10.8. The Morgan fingerprint density at radius 1 is 1.33 bits per heavy atom. The van der Waals surface area contributed by atoms with Crippen molar-refractivity contribution in [1.82, 2.24) is 5.32 Å². The van der Waals surface area contributed by atoms with Crippen LogP contribution in [0.1, 0.15) is 49.7 Å². The number of benzene rings is 1. The summed E-state index contributed by atoms with van der Waals surface area (Å²) in [6.07, 6.45) is 6.41. The molecule has 2 rings (SSSR count). The van der Waals surface area contributed by atoms with Crippen molar-refractivity contribution >= 4 is 22.3 Å². The minimum absolute atomic E-state index is 0.382. The van der Waals surface area contributed by atoms with Crippen LogP contribution in [-0.4, -0.2) is 12.5 Å². The van der Waals surface area contributed by atoms with Crippen LogP contribution in [0, 0.1) is 0 Å². The fourth-order valence-corrected chi connectivity index (χ4v) is 3.54. The molecule has 1 N–H and O–H groups in total. The van der Waals surface area contributed by atoms with Gasteiger partial charge in [0.1, 0.15) is 0 Å². The summed E-state index contributed by atoms with van der Waals surface area (Å²) in [6, 6.07) is 7.12. The first-order valence-electron chi connectivity index (χ1n) is 6.72. The lowest BCUT2D eigenvalue weighted by molar-refractivity contribution is -0.110. The minimum atomic E-state index is 0.382. The summed E-state index contributed by atoms with van der Waals surface area (Å²) < 4.78 is 1.24. The van der Waals surface area contributed by atoms with Crippen molar-refractivity contribution in [2.24, 2.45) is 0 Å². The smallest absolute Gasteiger partial charge is 0.207 e. The number of nitrogens with one attached hydrogen (secondary N) is 1. The van der Waals surface area contributed by atoms with Crippen LogP contribution in [0.15, 0.2) is 22.7 Å². The maximum absolute atomic E-state index is 10.4. The van der Waals surface area contributed by atoms with Gasteiger partial charge in [-0.2, -0.15) is 0 Å². The Bertz CT molecular complexity index is 411. The third-order valence-corrected chi connectivity index (χ3v) is 4.63. The zero-order chi connectivity index (χ0) is 13.0. The van der Waals surface area contributed by atoms with Gasteiger partial charge in [-0.3, -0.25) is 4.79 Å². The molecule has 18 heavy (non-hydrogen) atoms. The second kappa shape index (κ2) is 6.37. The predicted molar refractivity (Wildman–Crippen MR) is 77.7 cm³/mol. The van der Waals surface area contributed by atoms with E-state index in [2.05, 4.69) is 46.4 Å². The molecule has 98 valence electrons. The van der Waals surface area contributed by atoms with Crippen LogP contribution in [0.3, 0.4) is 0 Å². The van der Waals surface area contributed by atoms with Gasteiger partial charge in [0, 0.05) is 10.5 Å². The Morgan fingerprint density at radius 2 is 2.06 bits per heavy atom. The molecule has 0 aromatic heterocycles. The topological polar surface area (TPSA) is 29.1 Å². The highest BCUT2D eigenvalue weighted by atomic mass is 79.9. The SMILES string of the molecule is CCc1ccc(C2CCC(NC=O)CC2)c(Br)c1. The molecule has 1 aliphatic carbocycles. The standard InChI is InChI=1S/C15H20BrNO/c1-2-11-3-8-14(15(16)9-11)12-4-6-13(7-5-12)17-10-18/h3,8-10,12-13H,2,4-7H2,1H3,(H,17,18). The quantitative estimate of drug-likeness (QED) is 0.843. The van der Waals surface area contributed by atoms with E-state index >= 15 is 0 Å². The van der Waals surface area contributed by atoms with E-state index in [4.69, 9.17) is 0 Å². The van der Waals surface area contributed by atoms with Crippen molar-refractivity contribution in [2.45, 2.75) is 51.0 Å². The van der Waals surface area contributed by atoms with Crippen LogP contribution in [0.4, 0.5) is 0 Å². The van der Waals surface area contributed by atoms with Gasteiger partial charge < -0.3 is 5.32 Å². The Hall–Kier alpha value is -0.830. The van der Waals surface area contributed by atoms with Gasteiger partial charge in [-0.25, -0.2) is 0 Å². The van der Waals surface area contributed by atoms with E-state index in [-0.39, 0.29) is 0 Å². The van der Waals surface area contributed by atoms with Crippen LogP contribution in [-0.2, 0) is 11.2 Å². The molecular formula is C15H20BrNO. The van der Waals surface area contributed by atoms with Crippen LogP contribution in [0.5, 0.6) is 0 Å². The number of hydrogen-bond donors (Lipinski definition) is 1. The number of halogens is 1. The second-order valence-corrected chi connectivity index (χ2v) is 5.90. The summed E-state index contributed by atoms with van der Waals surface area (Å²) in [7, 11) is 0. The van der Waals surface area contributed by atoms with E-state index < -0.39 is 0 Å². The largest absolute Gasteiger partial charge is 0.356 e. The molecule has 1 aliphatic rings. The first kappa shape index (κ1) is 13.6. The highest BCUT2D eigenvalue weighted by Crippen LogP contribution is 2.36. The molecule has 1 amide bonds. The fraction of sp³-hybridized carbons (Fsp3) is 0.533. The summed E-state index contributed by atoms with van der Waals surface area (Å²) in [4.78, 5) is 10.4. The van der Waals surface area contributed by atoms with Crippen LogP contribution < -0.4 is 5.32 Å². The van der Waals surface area contributed by atoms with Crippen LogP contribution in [0.2, 0.25) is 0 Å². The maximum Gasteiger partial charge on any atom is 0.207 e. The average Bonchev–Trinajstić information content (AvgIpc) is 2.40. The Morgan fingerprint density at radius 3 is 2.61 bits per heavy atom. The normalized spacial score (nSPS) is 23.7. The van der Waals surface area contributed by atoms with Crippen LogP contribution >= 0.6 is 15.9 Å². The fourth-order valence-electron chi connectivity index (χ4n) is 2.79. The summed E-state index contributed by atoms with van der Waals surface area (Å²) in [5.41, 5.74) is 2.80. The first-order chi connectivity index (χ1) is 8.74. The van der Waals surface area contributed by atoms with Gasteiger partial charge in [0.05, 0.1) is 0 Å². The molecule has 0 saturated heterocycles. The molecule has 1 aromatic rings. The van der Waals surface area contributed by atoms with Gasteiger partial charge in [-0.1, -0.05) is 35.0 Å². The molecule has 1 saturated carbocycles. The molecule has 0 aliphatic heterocycles. The van der Waals surface area contributed by atoms with Gasteiger partial charge in [-0.15, -0.1) is 0 Å². The van der Waals surface area contributed by atoms with Crippen molar-refractivity contribution in [3.63, 3.8) is 0 Å². The van der Waals surface area contributed by atoms with Crippen molar-refractivity contribution in [2.75, 3.05) is 0 Å². The van der Waals surface area contributed by atoms with Crippen molar-refractivity contribution in [3.8, 4) is 0 Å². The van der Waals surface area contributed by atoms with Gasteiger partial charge in [-0.05, 0) is 55.2 Å². The lowest BCUT2D eigenvalue weighted by Crippen LogP contribution is -2.31. The minimum Gasteiger partial charge on any atom is -0.356 e. The van der Waals surface area contributed by atoms with E-state index in [0.717, 1.165) is 38.5 Å². The van der Waals surface area contributed by atoms with E-state index in [9.17, 15) is 4.79 Å². The van der Waals surface area contributed by atoms with Gasteiger partial charge in [0.25, 0.3) is 0 Å². The van der Waals surface area contributed by atoms with Crippen molar-refractivity contribution in [1.29, 1.82) is 0 Å². The number of carbonyl (C=O) groups excluding carboxylic acids is 1. The van der Waals surface area contributed by atoms with Crippen LogP contribution in [0.25, 0.3) is 0 Å². The number of carbonyl (C=O) groups is 1. The Kier molecular flexibility index (Phi) is 4.81. The third kappa shape index (κ3) is 3.14. The monoisotopic (exact) mass is 309 g/mol. The number of aryl methyl sites for hydroxylation is 1. The van der Waals surface area contributed by atoms with Gasteiger partial charge >= 0.3 is 0 Å². The molecule has 0 bridgehead atoms. The van der Waals surface area contributed by atoms with E-state index in [0.29, 0.717) is 12.0 Å². The predicted octanol–water partition coefficient (Wildman–Crippen LogP) is 3.78. The lowest BCUT2D eigenvalue weighted by atomic mass is 9.81. The molecule has 1 aromatic carbocycles. The van der Waals surface area contributed by atoms with Gasteiger partial charge in [0.15, 0.2) is 0 Å². The molecule has 0 unspecified atom stereocenters. The highest BCUT2D eigenvalue weighted by molar-refractivity contribution is 9.10. The molecule has 1 fully saturated rings. The summed E-state index contributed by atoms with van der Waals surface area (Å²) in [5, 5.41) is 2.90. The van der Waals surface area contributed by atoms with E-state index in [1.807, 2.05) is 0 Å². The first-order valence-corrected chi connectivity index (χ1v) is 7.52. The lowest BCUT2D eigenvalue weighted by Gasteiger charge is -2.29. The van der Waals surface area contributed by atoms with Crippen molar-refractivity contribution < 1.29 is 4.79 Å². The average molecular weight is 310 g/mol. The summed E-state index contributed by atoms with van der Waals surface area (Å²) in [5.74, 6) is 0.634. The zero-order valence-corrected chi connectivity index (χ0v) is 12.4. The Balaban J connectivity index is 2.03. The molecule has 0 radical (unpaired) electrons. The molecule has 0 spiro atoms. The Labute approximate surface area is 117 Å². The summed E-state index contributed by atoms with van der Waals surface area (Å²) >= 11 is 3.70. The summed E-state index contributed by atoms with van der Waals surface area (Å²) in [6.45, 7) is 2.18. The molecular weight excluding hydrogens is 290 g/mol. The molecule has 0 heterocycles. The second-order valence-electron chi connectivity index (χ2n) is 5.04. The van der Waals surface area contributed by atoms with Gasteiger partial charge in [0.2, 0.25) is 6.41 Å². The maximum atomic E-state index is 10.4. The molecule has 0 atom stereocenters.